The van der Waals surface area contributed by atoms with Crippen molar-refractivity contribution in [1.82, 2.24) is 4.98 Å². The SMILES string of the molecule is OCC12CCC(c3c[nH]c4ccccc34)(CC1)CC2. The Morgan fingerprint density at radius 1 is 1.00 bits per heavy atom. The van der Waals surface area contributed by atoms with Crippen LogP contribution in [0.5, 0.6) is 0 Å². The lowest BCUT2D eigenvalue weighted by Gasteiger charge is -2.53. The van der Waals surface area contributed by atoms with Crippen molar-refractivity contribution in [2.45, 2.75) is 43.9 Å². The average Bonchev–Trinajstić information content (AvgIpc) is 2.94. The second kappa shape index (κ2) is 3.86. The number of aliphatic hydroxyl groups is 1. The van der Waals surface area contributed by atoms with Crippen LogP contribution >= 0.6 is 0 Å². The van der Waals surface area contributed by atoms with Crippen molar-refractivity contribution in [1.29, 1.82) is 0 Å². The third-order valence-corrected chi connectivity index (χ3v) is 5.90. The van der Waals surface area contributed by atoms with Crippen LogP contribution in [0.15, 0.2) is 30.5 Å². The van der Waals surface area contributed by atoms with Crippen molar-refractivity contribution >= 4 is 10.9 Å². The first kappa shape index (κ1) is 11.5. The molecule has 3 fully saturated rings. The fourth-order valence-electron chi connectivity index (χ4n) is 4.41. The van der Waals surface area contributed by atoms with Gasteiger partial charge in [0.25, 0.3) is 0 Å². The van der Waals surface area contributed by atoms with Crippen molar-refractivity contribution in [3.63, 3.8) is 0 Å². The highest BCUT2D eigenvalue weighted by Crippen LogP contribution is 2.58. The minimum atomic E-state index is 0.258. The Kier molecular flexibility index (Phi) is 2.34. The number of aromatic nitrogens is 1. The summed E-state index contributed by atoms with van der Waals surface area (Å²) in [5.74, 6) is 0. The van der Waals surface area contributed by atoms with Gasteiger partial charge in [0.05, 0.1) is 0 Å². The van der Waals surface area contributed by atoms with Gasteiger partial charge in [0.2, 0.25) is 0 Å². The fraction of sp³-hybridized carbons (Fsp3) is 0.529. The molecule has 3 aliphatic rings. The maximum Gasteiger partial charge on any atom is 0.0487 e. The lowest BCUT2D eigenvalue weighted by atomic mass is 9.52. The van der Waals surface area contributed by atoms with E-state index in [-0.39, 0.29) is 5.41 Å². The molecule has 1 aromatic carbocycles. The molecule has 19 heavy (non-hydrogen) atoms. The molecule has 3 aliphatic carbocycles. The molecule has 1 aromatic heterocycles. The van der Waals surface area contributed by atoms with Gasteiger partial charge in [-0.15, -0.1) is 0 Å². The summed E-state index contributed by atoms with van der Waals surface area (Å²) in [7, 11) is 0. The number of fused-ring (bicyclic) bond motifs is 4. The quantitative estimate of drug-likeness (QED) is 0.842. The van der Waals surface area contributed by atoms with E-state index in [4.69, 9.17) is 0 Å². The molecule has 2 nitrogen and oxygen atoms in total. The van der Waals surface area contributed by atoms with E-state index in [2.05, 4.69) is 35.4 Å². The van der Waals surface area contributed by atoms with Crippen LogP contribution in [0.1, 0.15) is 44.1 Å². The van der Waals surface area contributed by atoms with Crippen LogP contribution in [0.25, 0.3) is 10.9 Å². The van der Waals surface area contributed by atoms with Crippen molar-refractivity contribution in [3.05, 3.63) is 36.0 Å². The summed E-state index contributed by atoms with van der Waals surface area (Å²) >= 11 is 0. The molecule has 0 radical (unpaired) electrons. The monoisotopic (exact) mass is 255 g/mol. The summed E-state index contributed by atoms with van der Waals surface area (Å²) in [6, 6.07) is 8.65. The molecular weight excluding hydrogens is 234 g/mol. The van der Waals surface area contributed by atoms with Crippen molar-refractivity contribution < 1.29 is 5.11 Å². The van der Waals surface area contributed by atoms with Crippen LogP contribution in [-0.2, 0) is 5.41 Å². The van der Waals surface area contributed by atoms with Crippen LogP contribution in [0.3, 0.4) is 0 Å². The van der Waals surface area contributed by atoms with Gasteiger partial charge in [-0.2, -0.15) is 0 Å². The normalized spacial score (nSPS) is 33.9. The van der Waals surface area contributed by atoms with E-state index < -0.39 is 0 Å². The molecule has 3 saturated carbocycles. The summed E-state index contributed by atoms with van der Waals surface area (Å²) in [6.07, 6.45) is 9.57. The van der Waals surface area contributed by atoms with E-state index in [1.807, 2.05) is 0 Å². The highest BCUT2D eigenvalue weighted by Gasteiger charge is 2.49. The molecule has 2 aromatic rings. The van der Waals surface area contributed by atoms with Gasteiger partial charge in [-0.05, 0) is 61.0 Å². The number of hydrogen-bond donors (Lipinski definition) is 2. The number of H-pyrrole nitrogens is 1. The Labute approximate surface area is 113 Å². The summed E-state index contributed by atoms with van der Waals surface area (Å²) in [4.78, 5) is 3.44. The molecule has 0 saturated heterocycles. The lowest BCUT2D eigenvalue weighted by molar-refractivity contribution is -0.00640. The fourth-order valence-corrected chi connectivity index (χ4v) is 4.41. The first-order valence-electron chi connectivity index (χ1n) is 7.45. The zero-order valence-electron chi connectivity index (χ0n) is 11.3. The van der Waals surface area contributed by atoms with Gasteiger partial charge in [0.1, 0.15) is 0 Å². The highest BCUT2D eigenvalue weighted by atomic mass is 16.3. The maximum absolute atomic E-state index is 9.65. The van der Waals surface area contributed by atoms with E-state index in [0.29, 0.717) is 12.0 Å². The predicted molar refractivity (Wildman–Crippen MR) is 77.2 cm³/mol. The van der Waals surface area contributed by atoms with Gasteiger partial charge in [-0.1, -0.05) is 18.2 Å². The largest absolute Gasteiger partial charge is 0.396 e. The maximum atomic E-state index is 9.65. The third-order valence-electron chi connectivity index (χ3n) is 5.90. The second-order valence-electron chi connectivity index (χ2n) is 6.69. The molecule has 0 amide bonds. The van der Waals surface area contributed by atoms with Crippen molar-refractivity contribution in [2.75, 3.05) is 6.61 Å². The smallest absolute Gasteiger partial charge is 0.0487 e. The summed E-state index contributed by atoms with van der Waals surface area (Å²) in [6.45, 7) is 0.386. The number of rotatable bonds is 2. The highest BCUT2D eigenvalue weighted by molar-refractivity contribution is 5.84. The molecule has 1 heterocycles. The number of hydrogen-bond acceptors (Lipinski definition) is 1. The van der Waals surface area contributed by atoms with E-state index in [1.54, 1.807) is 0 Å². The Morgan fingerprint density at radius 2 is 1.68 bits per heavy atom. The molecule has 2 N–H and O–H groups in total. The minimum absolute atomic E-state index is 0.258. The Bertz CT molecular complexity index is 588. The van der Waals surface area contributed by atoms with Gasteiger partial charge < -0.3 is 10.1 Å². The first-order chi connectivity index (χ1) is 9.27. The zero-order chi connectivity index (χ0) is 12.9. The molecular formula is C17H21NO. The topological polar surface area (TPSA) is 36.0 Å². The molecule has 0 aliphatic heterocycles. The van der Waals surface area contributed by atoms with Crippen LogP contribution in [-0.4, -0.2) is 16.7 Å². The predicted octanol–water partition coefficient (Wildman–Crippen LogP) is 3.75. The first-order valence-corrected chi connectivity index (χ1v) is 7.45. The third kappa shape index (κ3) is 1.53. The standard InChI is InChI=1S/C17H21NO/c19-12-16-5-8-17(9-6-16,10-7-16)14-11-18-15-4-2-1-3-13(14)15/h1-4,11,18-19H,5-10,12H2. The molecule has 2 bridgehead atoms. The van der Waals surface area contributed by atoms with Crippen molar-refractivity contribution in [2.24, 2.45) is 5.41 Å². The lowest BCUT2D eigenvalue weighted by Crippen LogP contribution is -2.45. The van der Waals surface area contributed by atoms with Gasteiger partial charge in [0, 0.05) is 23.7 Å². The van der Waals surface area contributed by atoms with Crippen LogP contribution in [0.2, 0.25) is 0 Å². The number of benzene rings is 1. The summed E-state index contributed by atoms with van der Waals surface area (Å²) in [5, 5.41) is 11.0. The zero-order valence-corrected chi connectivity index (χ0v) is 11.3. The van der Waals surface area contributed by atoms with Gasteiger partial charge in [-0.25, -0.2) is 0 Å². The van der Waals surface area contributed by atoms with Crippen LogP contribution in [0.4, 0.5) is 0 Å². The number of nitrogens with one attached hydrogen (secondary N) is 1. The molecule has 0 spiro atoms. The minimum Gasteiger partial charge on any atom is -0.396 e. The van der Waals surface area contributed by atoms with Gasteiger partial charge in [0.15, 0.2) is 0 Å². The number of aliphatic hydroxyl groups excluding tert-OH is 1. The van der Waals surface area contributed by atoms with E-state index in [1.165, 1.54) is 55.0 Å². The van der Waals surface area contributed by atoms with Gasteiger partial charge in [-0.3, -0.25) is 0 Å². The number of para-hydroxylation sites is 1. The van der Waals surface area contributed by atoms with Crippen LogP contribution in [0, 0.1) is 5.41 Å². The Hall–Kier alpha value is -1.28. The van der Waals surface area contributed by atoms with E-state index in [0.717, 1.165) is 0 Å². The number of aromatic amines is 1. The second-order valence-corrected chi connectivity index (χ2v) is 6.69. The van der Waals surface area contributed by atoms with E-state index in [9.17, 15) is 5.11 Å². The van der Waals surface area contributed by atoms with Crippen molar-refractivity contribution in [3.8, 4) is 0 Å². The molecule has 2 heteroatoms. The Balaban J connectivity index is 1.77. The molecule has 0 atom stereocenters. The molecule has 100 valence electrons. The van der Waals surface area contributed by atoms with E-state index >= 15 is 0 Å². The Morgan fingerprint density at radius 3 is 2.37 bits per heavy atom. The van der Waals surface area contributed by atoms with Crippen LogP contribution < -0.4 is 0 Å². The molecule has 5 rings (SSSR count). The van der Waals surface area contributed by atoms with Gasteiger partial charge >= 0.3 is 0 Å². The summed E-state index contributed by atoms with van der Waals surface area (Å²) < 4.78 is 0. The summed E-state index contributed by atoms with van der Waals surface area (Å²) in [5.41, 5.74) is 3.41. The molecule has 0 unspecified atom stereocenters. The average molecular weight is 255 g/mol.